The first kappa shape index (κ1) is 14.9. The van der Waals surface area contributed by atoms with E-state index in [2.05, 4.69) is 33.4 Å². The highest BCUT2D eigenvalue weighted by atomic mass is 79.9. The highest BCUT2D eigenvalue weighted by Crippen LogP contribution is 2.39. The maximum Gasteiger partial charge on any atom is 0.137 e. The van der Waals surface area contributed by atoms with Gasteiger partial charge in [0.15, 0.2) is 0 Å². The molecule has 1 aliphatic rings. The van der Waals surface area contributed by atoms with Crippen molar-refractivity contribution in [2.75, 3.05) is 5.32 Å². The molecule has 1 fully saturated rings. The van der Waals surface area contributed by atoms with Crippen molar-refractivity contribution in [3.63, 3.8) is 0 Å². The van der Waals surface area contributed by atoms with Crippen molar-refractivity contribution < 1.29 is 4.39 Å². The van der Waals surface area contributed by atoms with Crippen molar-refractivity contribution in [2.24, 2.45) is 0 Å². The lowest BCUT2D eigenvalue weighted by atomic mass is 9.76. The van der Waals surface area contributed by atoms with Crippen LogP contribution >= 0.6 is 27.5 Å². The molecule has 0 atom stereocenters. The van der Waals surface area contributed by atoms with Gasteiger partial charge in [0.05, 0.1) is 4.47 Å². The Balaban J connectivity index is 1.62. The molecule has 0 spiro atoms. The molecule has 1 nitrogen and oxygen atoms in total. The Morgan fingerprint density at radius 3 is 2.52 bits per heavy atom. The third-order valence-corrected chi connectivity index (χ3v) is 4.97. The minimum absolute atomic E-state index is 0.217. The maximum atomic E-state index is 13.4. The van der Waals surface area contributed by atoms with E-state index < -0.39 is 0 Å². The molecule has 0 amide bonds. The molecule has 3 rings (SSSR count). The number of hydrogen-bond acceptors (Lipinski definition) is 1. The van der Waals surface area contributed by atoms with Gasteiger partial charge in [-0.25, -0.2) is 4.39 Å². The Bertz CT molecular complexity index is 651. The highest BCUT2D eigenvalue weighted by molar-refractivity contribution is 9.10. The molecular formula is C17H16BrClFN. The second-order valence-electron chi connectivity index (χ2n) is 5.64. The van der Waals surface area contributed by atoms with Gasteiger partial charge in [0, 0.05) is 16.8 Å². The smallest absolute Gasteiger partial charge is 0.137 e. The normalized spacial score (nSPS) is 21.0. The number of aryl methyl sites for hydroxylation is 1. The van der Waals surface area contributed by atoms with E-state index in [4.69, 9.17) is 11.6 Å². The Morgan fingerprint density at radius 2 is 1.86 bits per heavy atom. The molecule has 0 unspecified atom stereocenters. The fourth-order valence-electron chi connectivity index (χ4n) is 2.76. The van der Waals surface area contributed by atoms with E-state index in [0.29, 0.717) is 16.4 Å². The molecule has 0 bridgehead atoms. The molecule has 110 valence electrons. The van der Waals surface area contributed by atoms with Gasteiger partial charge >= 0.3 is 0 Å². The first-order chi connectivity index (χ1) is 10.0. The zero-order valence-corrected chi connectivity index (χ0v) is 14.0. The van der Waals surface area contributed by atoms with Gasteiger partial charge in [-0.05, 0) is 77.0 Å². The predicted octanol–water partition coefficient (Wildman–Crippen LogP) is 5.91. The van der Waals surface area contributed by atoms with Crippen LogP contribution in [0.15, 0.2) is 40.9 Å². The maximum absolute atomic E-state index is 13.4. The van der Waals surface area contributed by atoms with Crippen molar-refractivity contribution in [3.05, 3.63) is 62.8 Å². The summed E-state index contributed by atoms with van der Waals surface area (Å²) in [5.74, 6) is 0.370. The summed E-state index contributed by atoms with van der Waals surface area (Å²) in [5.41, 5.74) is 3.28. The molecule has 0 radical (unpaired) electrons. The minimum atomic E-state index is -0.217. The van der Waals surface area contributed by atoms with Crippen LogP contribution in [-0.2, 0) is 0 Å². The van der Waals surface area contributed by atoms with Crippen LogP contribution in [0, 0.1) is 12.7 Å². The number of anilines is 1. The van der Waals surface area contributed by atoms with E-state index in [0.717, 1.165) is 29.1 Å². The molecule has 0 heterocycles. The third-order valence-electron chi connectivity index (χ3n) is 4.11. The summed E-state index contributed by atoms with van der Waals surface area (Å²) >= 11 is 9.15. The summed E-state index contributed by atoms with van der Waals surface area (Å²) in [6.45, 7) is 1.92. The number of nitrogens with one attached hydrogen (secondary N) is 1. The molecule has 1 aliphatic carbocycles. The Kier molecular flexibility index (Phi) is 4.23. The molecule has 0 aliphatic heterocycles. The van der Waals surface area contributed by atoms with Gasteiger partial charge in [-0.2, -0.15) is 0 Å². The molecule has 0 saturated heterocycles. The SMILES string of the molecule is Cc1cc(F)c(Br)cc1NC1CC(c2ccc(Cl)cc2)C1. The Morgan fingerprint density at radius 1 is 1.19 bits per heavy atom. The zero-order valence-electron chi connectivity index (χ0n) is 11.7. The molecule has 0 aromatic heterocycles. The molecule has 1 saturated carbocycles. The fraction of sp³-hybridized carbons (Fsp3) is 0.294. The van der Waals surface area contributed by atoms with Crippen LogP contribution in [0.1, 0.15) is 29.9 Å². The van der Waals surface area contributed by atoms with Gasteiger partial charge in [-0.15, -0.1) is 0 Å². The van der Waals surface area contributed by atoms with E-state index in [1.54, 1.807) is 6.07 Å². The van der Waals surface area contributed by atoms with Gasteiger partial charge < -0.3 is 5.32 Å². The lowest BCUT2D eigenvalue weighted by Crippen LogP contribution is -2.34. The van der Waals surface area contributed by atoms with Crippen LogP contribution in [0.4, 0.5) is 10.1 Å². The van der Waals surface area contributed by atoms with Crippen molar-refractivity contribution in [1.82, 2.24) is 0 Å². The van der Waals surface area contributed by atoms with Crippen LogP contribution in [0.3, 0.4) is 0 Å². The second-order valence-corrected chi connectivity index (χ2v) is 6.93. The number of halogens is 3. The van der Waals surface area contributed by atoms with Gasteiger partial charge in [0.2, 0.25) is 0 Å². The van der Waals surface area contributed by atoms with E-state index in [9.17, 15) is 4.39 Å². The van der Waals surface area contributed by atoms with Crippen molar-refractivity contribution in [3.8, 4) is 0 Å². The van der Waals surface area contributed by atoms with Crippen LogP contribution < -0.4 is 5.32 Å². The third kappa shape index (κ3) is 3.24. The van der Waals surface area contributed by atoms with E-state index >= 15 is 0 Å². The largest absolute Gasteiger partial charge is 0.382 e. The quantitative estimate of drug-likeness (QED) is 0.710. The summed E-state index contributed by atoms with van der Waals surface area (Å²) in [6.07, 6.45) is 2.19. The predicted molar refractivity (Wildman–Crippen MR) is 89.7 cm³/mol. The molecule has 4 heteroatoms. The standard InChI is InChI=1S/C17H16BrClFN/c1-10-6-16(20)15(18)9-17(10)21-14-7-12(8-14)11-2-4-13(19)5-3-11/h2-6,9,12,14,21H,7-8H2,1H3. The molecule has 2 aromatic rings. The van der Waals surface area contributed by atoms with Crippen LogP contribution in [0.5, 0.6) is 0 Å². The highest BCUT2D eigenvalue weighted by Gasteiger charge is 2.30. The first-order valence-electron chi connectivity index (χ1n) is 7.00. The Labute approximate surface area is 137 Å². The lowest BCUT2D eigenvalue weighted by molar-refractivity contribution is 0.374. The topological polar surface area (TPSA) is 12.0 Å². The molecule has 21 heavy (non-hydrogen) atoms. The minimum Gasteiger partial charge on any atom is -0.382 e. The van der Waals surface area contributed by atoms with Gasteiger partial charge in [-0.3, -0.25) is 0 Å². The zero-order chi connectivity index (χ0) is 15.0. The second kappa shape index (κ2) is 5.98. The van der Waals surface area contributed by atoms with Gasteiger partial charge in [-0.1, -0.05) is 23.7 Å². The number of rotatable bonds is 3. The summed E-state index contributed by atoms with van der Waals surface area (Å²) in [5, 5.41) is 4.28. The fourth-order valence-corrected chi connectivity index (χ4v) is 3.23. The lowest BCUT2D eigenvalue weighted by Gasteiger charge is -2.37. The summed E-state index contributed by atoms with van der Waals surface area (Å²) < 4.78 is 13.9. The number of hydrogen-bond donors (Lipinski definition) is 1. The average Bonchev–Trinajstić information content (AvgIpc) is 2.40. The van der Waals surface area contributed by atoms with Crippen molar-refractivity contribution in [1.29, 1.82) is 0 Å². The Hall–Kier alpha value is -1.06. The van der Waals surface area contributed by atoms with E-state index in [1.165, 1.54) is 5.56 Å². The van der Waals surface area contributed by atoms with Gasteiger partial charge in [0.1, 0.15) is 5.82 Å². The van der Waals surface area contributed by atoms with Crippen LogP contribution in [0.2, 0.25) is 5.02 Å². The molecule has 1 N–H and O–H groups in total. The van der Waals surface area contributed by atoms with E-state index in [-0.39, 0.29) is 5.82 Å². The first-order valence-corrected chi connectivity index (χ1v) is 8.17. The summed E-state index contributed by atoms with van der Waals surface area (Å²) in [6, 6.07) is 11.9. The molecule has 2 aromatic carbocycles. The van der Waals surface area contributed by atoms with E-state index in [1.807, 2.05) is 25.1 Å². The average molecular weight is 369 g/mol. The number of benzene rings is 2. The van der Waals surface area contributed by atoms with Crippen LogP contribution in [-0.4, -0.2) is 6.04 Å². The van der Waals surface area contributed by atoms with Crippen molar-refractivity contribution in [2.45, 2.75) is 31.7 Å². The monoisotopic (exact) mass is 367 g/mol. The van der Waals surface area contributed by atoms with Gasteiger partial charge in [0.25, 0.3) is 0 Å². The molecular weight excluding hydrogens is 353 g/mol. The summed E-state index contributed by atoms with van der Waals surface area (Å²) in [7, 11) is 0. The van der Waals surface area contributed by atoms with Crippen molar-refractivity contribution >= 4 is 33.2 Å². The van der Waals surface area contributed by atoms with Crippen LogP contribution in [0.25, 0.3) is 0 Å². The summed E-state index contributed by atoms with van der Waals surface area (Å²) in [4.78, 5) is 0.